The number of nitrogens with one attached hydrogen (secondary N) is 1. The highest BCUT2D eigenvalue weighted by molar-refractivity contribution is 8.04. The summed E-state index contributed by atoms with van der Waals surface area (Å²) in [5, 5.41) is 19.1. The van der Waals surface area contributed by atoms with Crippen LogP contribution in [0, 0.1) is 0 Å². The maximum atomic E-state index is 13.0. The van der Waals surface area contributed by atoms with Crippen LogP contribution in [0.2, 0.25) is 0 Å². The molecule has 0 bridgehead atoms. The lowest BCUT2D eigenvalue weighted by molar-refractivity contribution is -0.150. The first-order chi connectivity index (χ1) is 19.3. The van der Waals surface area contributed by atoms with Gasteiger partial charge < -0.3 is 21.0 Å². The highest BCUT2D eigenvalue weighted by Gasteiger charge is 2.54. The van der Waals surface area contributed by atoms with Crippen molar-refractivity contribution >= 4 is 84.9 Å². The Hall–Kier alpha value is -3.73. The average Bonchev–Trinajstić information content (AvgIpc) is 3.37. The quantitative estimate of drug-likeness (QED) is 0.140. The average molecular weight is 620 g/mol. The van der Waals surface area contributed by atoms with Gasteiger partial charge in [-0.05, 0) is 29.2 Å². The van der Waals surface area contributed by atoms with Crippen LogP contribution in [0.15, 0.2) is 72.6 Å². The zero-order valence-electron chi connectivity index (χ0n) is 20.1. The summed E-state index contributed by atoms with van der Waals surface area (Å²) in [6.07, 6.45) is 1.61. The van der Waals surface area contributed by atoms with Crippen LogP contribution in [0.25, 0.3) is 10.1 Å². The molecule has 0 radical (unpaired) electrons. The molecule has 11 nitrogen and oxygen atoms in total. The van der Waals surface area contributed by atoms with Crippen molar-refractivity contribution in [3.05, 3.63) is 74.4 Å². The molecule has 1 fully saturated rings. The Balaban J connectivity index is 1.32. The third-order valence-corrected chi connectivity index (χ3v) is 9.77. The van der Waals surface area contributed by atoms with Crippen LogP contribution < -0.4 is 16.5 Å². The molecule has 1 aromatic carbocycles. The van der Waals surface area contributed by atoms with E-state index in [2.05, 4.69) is 20.3 Å². The fourth-order valence-electron chi connectivity index (χ4n) is 3.99. The van der Waals surface area contributed by atoms with Crippen molar-refractivity contribution in [2.75, 3.05) is 18.3 Å². The molecule has 0 saturated carbocycles. The number of carboxylic acids is 1. The van der Waals surface area contributed by atoms with E-state index in [9.17, 15) is 28.7 Å². The van der Waals surface area contributed by atoms with Crippen LogP contribution in [0.5, 0.6) is 0 Å². The molecule has 206 valence electrons. The number of oxime groups is 1. The van der Waals surface area contributed by atoms with Gasteiger partial charge in [0.15, 0.2) is 16.3 Å². The molecule has 1 saturated heterocycles. The second-order valence-corrected chi connectivity index (χ2v) is 12.4. The largest absolute Gasteiger partial charge is 0.477 e. The summed E-state index contributed by atoms with van der Waals surface area (Å²) in [4.78, 5) is 59.8. The molecule has 2 amide bonds. The number of amides is 2. The number of anilines is 1. The number of alkyl halides is 1. The number of β-lactam (4-membered cyclic amide) rings is 1. The maximum absolute atomic E-state index is 13.0. The minimum absolute atomic E-state index is 0.0425. The molecule has 1 unspecified atom stereocenters. The smallest absolute Gasteiger partial charge is 0.352 e. The van der Waals surface area contributed by atoms with Gasteiger partial charge in [-0.1, -0.05) is 29.1 Å². The minimum atomic E-state index is -1.29. The summed E-state index contributed by atoms with van der Waals surface area (Å²) < 4.78 is 14.1. The van der Waals surface area contributed by atoms with Gasteiger partial charge in [0.05, 0.1) is 4.21 Å². The number of benzene rings is 1. The number of nitrogens with zero attached hydrogens (tertiary/aromatic N) is 3. The molecule has 5 rings (SSSR count). The molecule has 3 aromatic rings. The normalized spacial score (nSPS) is 19.1. The van der Waals surface area contributed by atoms with Gasteiger partial charge in [-0.3, -0.25) is 19.3 Å². The second-order valence-electron chi connectivity index (χ2n) is 8.14. The van der Waals surface area contributed by atoms with Crippen molar-refractivity contribution < 1.29 is 28.7 Å². The van der Waals surface area contributed by atoms with Crippen molar-refractivity contribution in [2.24, 2.45) is 5.16 Å². The summed E-state index contributed by atoms with van der Waals surface area (Å²) >= 11 is 5.02. The maximum Gasteiger partial charge on any atom is 0.352 e. The van der Waals surface area contributed by atoms with Gasteiger partial charge >= 0.3 is 5.97 Å². The predicted octanol–water partition coefficient (Wildman–Crippen LogP) is 2.99. The van der Waals surface area contributed by atoms with Crippen molar-refractivity contribution in [3.8, 4) is 0 Å². The summed E-state index contributed by atoms with van der Waals surface area (Å²) in [6.45, 7) is -1.29. The second kappa shape index (κ2) is 11.8. The summed E-state index contributed by atoms with van der Waals surface area (Å²) in [5.74, 6) is -2.52. The number of allylic oxidation sites excluding steroid dienone is 1. The van der Waals surface area contributed by atoms with Gasteiger partial charge in [-0.2, -0.15) is 0 Å². The molecule has 2 aliphatic rings. The third-order valence-electron chi connectivity index (χ3n) is 5.74. The van der Waals surface area contributed by atoms with E-state index < -0.39 is 36.1 Å². The number of carboxylic acid groups (broad SMARTS) is 1. The number of fused-ring (bicyclic) bond motifs is 2. The van der Waals surface area contributed by atoms with Gasteiger partial charge in [0.2, 0.25) is 0 Å². The lowest BCUT2D eigenvalue weighted by Crippen LogP contribution is -2.71. The molecule has 2 atom stereocenters. The standard InChI is InChI=1S/C24H18FN5O6S4/c25-10-36-29-17(13-9-39-24(26)27-13)20(32)28-18-21(33)30-19(23(34)35)11(8-38-22(18)30)5-6-37-16-7-14(31)12-3-1-2-4-15(12)40-16/h1-7,9,18,22H,8,10H2,(H2,26,27)(H,28,32)(H,34,35)/b6-5+,29-17-/t18?,22-/m1/s1. The SMILES string of the molecule is Nc1nc(/C(=N/OCF)C(=O)NC2C(=O)N3C(C(=O)O)=C(/C=C/Sc4cc(=O)c5ccccc5s4)CS[C@H]23)cs1. The highest BCUT2D eigenvalue weighted by Crippen LogP contribution is 2.41. The molecule has 2 aliphatic heterocycles. The van der Waals surface area contributed by atoms with Crippen molar-refractivity contribution in [3.63, 3.8) is 0 Å². The van der Waals surface area contributed by atoms with Crippen molar-refractivity contribution in [1.82, 2.24) is 15.2 Å². The van der Waals surface area contributed by atoms with Crippen LogP contribution in [-0.4, -0.2) is 62.5 Å². The fourth-order valence-corrected chi connectivity index (χ4v) is 7.84. The van der Waals surface area contributed by atoms with E-state index in [1.54, 1.807) is 23.6 Å². The number of halogens is 1. The van der Waals surface area contributed by atoms with Gasteiger partial charge in [-0.25, -0.2) is 14.2 Å². The number of thiazole rings is 1. The van der Waals surface area contributed by atoms with E-state index in [1.165, 1.54) is 46.3 Å². The number of nitrogens with two attached hydrogens (primary N) is 1. The Bertz CT molecular complexity index is 1670. The van der Waals surface area contributed by atoms with E-state index in [-0.39, 0.29) is 33.4 Å². The topological polar surface area (TPSA) is 164 Å². The minimum Gasteiger partial charge on any atom is -0.477 e. The Kier molecular flexibility index (Phi) is 8.20. The number of rotatable bonds is 9. The number of nitrogen functional groups attached to an aromatic ring is 1. The lowest BCUT2D eigenvalue weighted by atomic mass is 10.0. The molecule has 2 aromatic heterocycles. The van der Waals surface area contributed by atoms with Crippen LogP contribution >= 0.6 is 46.2 Å². The van der Waals surface area contributed by atoms with Gasteiger partial charge in [0.1, 0.15) is 22.8 Å². The molecule has 16 heteroatoms. The predicted molar refractivity (Wildman–Crippen MR) is 153 cm³/mol. The Morgan fingerprint density at radius 2 is 2.15 bits per heavy atom. The zero-order chi connectivity index (χ0) is 28.4. The summed E-state index contributed by atoms with van der Waals surface area (Å²) in [7, 11) is 0. The Morgan fingerprint density at radius 1 is 1.35 bits per heavy atom. The first kappa shape index (κ1) is 27.8. The van der Waals surface area contributed by atoms with Crippen molar-refractivity contribution in [1.29, 1.82) is 0 Å². The number of thioether (sulfide) groups is 2. The van der Waals surface area contributed by atoms with Crippen LogP contribution in [0.3, 0.4) is 0 Å². The number of aliphatic carboxylic acids is 1. The number of hydrogen-bond donors (Lipinski definition) is 3. The number of carbonyl (C=O) groups excluding carboxylic acids is 2. The molecule has 4 N–H and O–H groups in total. The summed E-state index contributed by atoms with van der Waals surface area (Å²) in [5.41, 5.74) is 5.39. The lowest BCUT2D eigenvalue weighted by Gasteiger charge is -2.49. The van der Waals surface area contributed by atoms with Gasteiger partial charge in [0.25, 0.3) is 18.7 Å². The Labute approximate surface area is 241 Å². The van der Waals surface area contributed by atoms with E-state index in [1.807, 2.05) is 12.1 Å². The zero-order valence-corrected chi connectivity index (χ0v) is 23.4. The molecule has 0 spiro atoms. The third kappa shape index (κ3) is 5.47. The fraction of sp³-hybridized carbons (Fsp3) is 0.167. The van der Waals surface area contributed by atoms with Gasteiger partial charge in [0, 0.05) is 27.3 Å². The van der Waals surface area contributed by atoms with E-state index in [0.717, 1.165) is 25.1 Å². The van der Waals surface area contributed by atoms with Crippen LogP contribution in [0.1, 0.15) is 5.69 Å². The number of hydrogen-bond acceptors (Lipinski definition) is 12. The molecular formula is C24H18FN5O6S4. The van der Waals surface area contributed by atoms with Gasteiger partial charge in [-0.15, -0.1) is 34.4 Å². The summed E-state index contributed by atoms with van der Waals surface area (Å²) in [6, 6.07) is 7.75. The molecule has 0 aliphatic carbocycles. The van der Waals surface area contributed by atoms with E-state index in [4.69, 9.17) is 5.73 Å². The van der Waals surface area contributed by atoms with Crippen molar-refractivity contribution in [2.45, 2.75) is 15.6 Å². The Morgan fingerprint density at radius 3 is 2.88 bits per heavy atom. The first-order valence-corrected chi connectivity index (χ1v) is 15.0. The van der Waals surface area contributed by atoms with Crippen LogP contribution in [0.4, 0.5) is 9.52 Å². The highest BCUT2D eigenvalue weighted by atomic mass is 32.2. The number of carbonyl (C=O) groups is 3. The van der Waals surface area contributed by atoms with E-state index >= 15 is 0 Å². The monoisotopic (exact) mass is 619 g/mol. The molecular weight excluding hydrogens is 602 g/mol. The van der Waals surface area contributed by atoms with E-state index in [0.29, 0.717) is 11.0 Å². The molecule has 40 heavy (non-hydrogen) atoms. The molecule has 4 heterocycles. The van der Waals surface area contributed by atoms with Crippen LogP contribution in [-0.2, 0) is 19.2 Å². The number of aromatic nitrogens is 1. The first-order valence-electron chi connectivity index (χ1n) is 11.3.